The minimum atomic E-state index is -3.61. The Morgan fingerprint density at radius 1 is 0.926 bits per heavy atom. The van der Waals surface area contributed by atoms with Gasteiger partial charge in [0.1, 0.15) is 11.6 Å². The molecule has 0 unspecified atom stereocenters. The van der Waals surface area contributed by atoms with Crippen molar-refractivity contribution in [3.8, 4) is 0 Å². The molecule has 0 spiro atoms. The lowest BCUT2D eigenvalue weighted by Gasteiger charge is -2.20. The molecule has 0 aliphatic carbocycles. The van der Waals surface area contributed by atoms with Gasteiger partial charge >= 0.3 is 0 Å². The molecule has 0 atom stereocenters. The summed E-state index contributed by atoms with van der Waals surface area (Å²) in [5, 5.41) is 2.28. The number of hydrogen-bond donors (Lipinski definition) is 1. The zero-order valence-corrected chi connectivity index (χ0v) is 15.4. The Morgan fingerprint density at radius 3 is 2.19 bits per heavy atom. The fraction of sp³-hybridized carbons (Fsp3) is 0.316. The molecular formula is C19H20F2N2O3S. The summed E-state index contributed by atoms with van der Waals surface area (Å²) in [6.07, 6.45) is 3.70. The molecule has 2 aromatic rings. The van der Waals surface area contributed by atoms with E-state index in [0.29, 0.717) is 13.1 Å². The second-order valence-corrected chi connectivity index (χ2v) is 8.36. The van der Waals surface area contributed by atoms with E-state index < -0.39 is 27.6 Å². The summed E-state index contributed by atoms with van der Waals surface area (Å²) in [6, 6.07) is 8.18. The lowest BCUT2D eigenvalue weighted by atomic mass is 10.2. The molecule has 0 aromatic heterocycles. The van der Waals surface area contributed by atoms with E-state index in [9.17, 15) is 22.0 Å². The Kier molecular flexibility index (Phi) is 5.86. The standard InChI is InChI=1S/C19H20F2N2O3S/c20-15-7-10-17(21)18(13-15)22-19(24)14-5-8-16(9-6-14)27(25,26)23-11-3-1-2-4-12-23/h5-10,13H,1-4,11-12H2,(H,22,24). The lowest BCUT2D eigenvalue weighted by molar-refractivity contribution is 0.102. The Balaban J connectivity index is 1.76. The fourth-order valence-electron chi connectivity index (χ4n) is 3.00. The molecule has 5 nitrogen and oxygen atoms in total. The zero-order chi connectivity index (χ0) is 19.4. The van der Waals surface area contributed by atoms with Gasteiger partial charge in [-0.05, 0) is 49.2 Å². The molecule has 1 amide bonds. The third kappa shape index (κ3) is 4.51. The van der Waals surface area contributed by atoms with E-state index in [2.05, 4.69) is 5.32 Å². The van der Waals surface area contributed by atoms with Gasteiger partial charge in [-0.3, -0.25) is 4.79 Å². The van der Waals surface area contributed by atoms with E-state index in [4.69, 9.17) is 0 Å². The molecule has 0 bridgehead atoms. The number of nitrogens with zero attached hydrogens (tertiary/aromatic N) is 1. The normalized spacial score (nSPS) is 15.9. The summed E-state index contributed by atoms with van der Waals surface area (Å²) < 4.78 is 53.8. The molecular weight excluding hydrogens is 374 g/mol. The number of hydrogen-bond acceptors (Lipinski definition) is 3. The second kappa shape index (κ2) is 8.14. The van der Waals surface area contributed by atoms with E-state index in [-0.39, 0.29) is 16.1 Å². The van der Waals surface area contributed by atoms with Crippen molar-refractivity contribution in [3.05, 3.63) is 59.7 Å². The second-order valence-electron chi connectivity index (χ2n) is 6.42. The van der Waals surface area contributed by atoms with Gasteiger partial charge < -0.3 is 5.32 Å². The van der Waals surface area contributed by atoms with Gasteiger partial charge in [0.25, 0.3) is 5.91 Å². The number of anilines is 1. The van der Waals surface area contributed by atoms with E-state index in [0.717, 1.165) is 43.9 Å². The van der Waals surface area contributed by atoms with Crippen LogP contribution >= 0.6 is 0 Å². The number of carbonyl (C=O) groups excluding carboxylic acids is 1. The summed E-state index contributed by atoms with van der Waals surface area (Å²) in [5.74, 6) is -2.09. The Labute approximate surface area is 157 Å². The molecule has 8 heteroatoms. The highest BCUT2D eigenvalue weighted by Gasteiger charge is 2.25. The summed E-state index contributed by atoms with van der Waals surface area (Å²) >= 11 is 0. The van der Waals surface area contributed by atoms with Crippen molar-refractivity contribution < 1.29 is 22.0 Å². The molecule has 3 rings (SSSR count). The van der Waals surface area contributed by atoms with Crippen LogP contribution < -0.4 is 5.32 Å². The Bertz CT molecular complexity index is 922. The molecule has 2 aromatic carbocycles. The van der Waals surface area contributed by atoms with Gasteiger partial charge in [-0.1, -0.05) is 12.8 Å². The fourth-order valence-corrected chi connectivity index (χ4v) is 4.51. The van der Waals surface area contributed by atoms with Crippen LogP contribution in [0.3, 0.4) is 0 Å². The minimum Gasteiger partial charge on any atom is -0.319 e. The quantitative estimate of drug-likeness (QED) is 0.858. The summed E-state index contributed by atoms with van der Waals surface area (Å²) in [7, 11) is -3.61. The highest BCUT2D eigenvalue weighted by atomic mass is 32.2. The number of amides is 1. The van der Waals surface area contributed by atoms with Crippen molar-refractivity contribution >= 4 is 21.6 Å². The van der Waals surface area contributed by atoms with Crippen molar-refractivity contribution in [1.29, 1.82) is 0 Å². The first kappa shape index (κ1) is 19.4. The van der Waals surface area contributed by atoms with E-state index >= 15 is 0 Å². The van der Waals surface area contributed by atoms with Crippen molar-refractivity contribution in [1.82, 2.24) is 4.31 Å². The predicted octanol–water partition coefficient (Wildman–Crippen LogP) is 3.78. The molecule has 27 heavy (non-hydrogen) atoms. The molecule has 0 saturated carbocycles. The van der Waals surface area contributed by atoms with Crippen LogP contribution in [0.2, 0.25) is 0 Å². The van der Waals surface area contributed by atoms with Crippen molar-refractivity contribution in [2.75, 3.05) is 18.4 Å². The summed E-state index contributed by atoms with van der Waals surface area (Å²) in [4.78, 5) is 12.3. The van der Waals surface area contributed by atoms with Crippen LogP contribution in [-0.4, -0.2) is 31.7 Å². The van der Waals surface area contributed by atoms with Gasteiger partial charge in [0.15, 0.2) is 0 Å². The zero-order valence-electron chi connectivity index (χ0n) is 14.6. The molecule has 1 fully saturated rings. The number of sulfonamides is 1. The first-order valence-corrected chi connectivity index (χ1v) is 10.2. The molecule has 144 valence electrons. The highest BCUT2D eigenvalue weighted by Crippen LogP contribution is 2.21. The van der Waals surface area contributed by atoms with E-state index in [1.807, 2.05) is 0 Å². The van der Waals surface area contributed by atoms with E-state index in [1.165, 1.54) is 28.6 Å². The average molecular weight is 394 g/mol. The van der Waals surface area contributed by atoms with Gasteiger partial charge in [0, 0.05) is 24.7 Å². The first-order chi connectivity index (χ1) is 12.9. The van der Waals surface area contributed by atoms with Gasteiger partial charge in [-0.2, -0.15) is 4.31 Å². The van der Waals surface area contributed by atoms with Crippen LogP contribution in [-0.2, 0) is 10.0 Å². The van der Waals surface area contributed by atoms with Crippen LogP contribution in [0.5, 0.6) is 0 Å². The molecule has 1 aliphatic rings. The largest absolute Gasteiger partial charge is 0.319 e. The summed E-state index contributed by atoms with van der Waals surface area (Å²) in [5.41, 5.74) is -0.130. The molecule has 1 saturated heterocycles. The number of carbonyl (C=O) groups is 1. The smallest absolute Gasteiger partial charge is 0.255 e. The van der Waals surface area contributed by atoms with Crippen molar-refractivity contribution in [2.24, 2.45) is 0 Å². The molecule has 1 heterocycles. The number of nitrogens with one attached hydrogen (secondary N) is 1. The highest BCUT2D eigenvalue weighted by molar-refractivity contribution is 7.89. The van der Waals surface area contributed by atoms with Crippen LogP contribution in [0.25, 0.3) is 0 Å². The number of rotatable bonds is 4. The lowest BCUT2D eigenvalue weighted by Crippen LogP contribution is -2.31. The SMILES string of the molecule is O=C(Nc1cc(F)ccc1F)c1ccc(S(=O)(=O)N2CCCCCC2)cc1. The van der Waals surface area contributed by atoms with Crippen LogP contribution in [0.15, 0.2) is 47.4 Å². The van der Waals surface area contributed by atoms with Gasteiger partial charge in [0.05, 0.1) is 10.6 Å². The third-order valence-corrected chi connectivity index (χ3v) is 6.41. The van der Waals surface area contributed by atoms with Gasteiger partial charge in [-0.15, -0.1) is 0 Å². The Hall–Kier alpha value is -2.32. The van der Waals surface area contributed by atoms with Crippen molar-refractivity contribution in [3.63, 3.8) is 0 Å². The van der Waals surface area contributed by atoms with Gasteiger partial charge in [0.2, 0.25) is 10.0 Å². The Morgan fingerprint density at radius 2 is 1.56 bits per heavy atom. The number of benzene rings is 2. The maximum Gasteiger partial charge on any atom is 0.255 e. The van der Waals surface area contributed by atoms with E-state index in [1.54, 1.807) is 0 Å². The monoisotopic (exact) mass is 394 g/mol. The molecule has 1 aliphatic heterocycles. The van der Waals surface area contributed by atoms with Crippen molar-refractivity contribution in [2.45, 2.75) is 30.6 Å². The molecule has 0 radical (unpaired) electrons. The summed E-state index contributed by atoms with van der Waals surface area (Å²) in [6.45, 7) is 0.979. The predicted molar refractivity (Wildman–Crippen MR) is 98.0 cm³/mol. The minimum absolute atomic E-state index is 0.109. The maximum atomic E-state index is 13.6. The molecule has 1 N–H and O–H groups in total. The van der Waals surface area contributed by atoms with Gasteiger partial charge in [-0.25, -0.2) is 17.2 Å². The average Bonchev–Trinajstić information content (AvgIpc) is 2.95. The number of halogens is 2. The third-order valence-electron chi connectivity index (χ3n) is 4.50. The topological polar surface area (TPSA) is 66.5 Å². The maximum absolute atomic E-state index is 13.6. The first-order valence-electron chi connectivity index (χ1n) is 8.74. The van der Waals surface area contributed by atoms with Crippen LogP contribution in [0, 0.1) is 11.6 Å². The van der Waals surface area contributed by atoms with Crippen LogP contribution in [0.4, 0.5) is 14.5 Å². The van der Waals surface area contributed by atoms with Crippen LogP contribution in [0.1, 0.15) is 36.0 Å².